The molecule has 0 radical (unpaired) electrons. The molecule has 2 aromatic heterocycles. The highest BCUT2D eigenvalue weighted by molar-refractivity contribution is 7.80. The van der Waals surface area contributed by atoms with Crippen LogP contribution in [0.4, 0.5) is 0 Å². The number of aryl methyl sites for hydroxylation is 3. The van der Waals surface area contributed by atoms with Gasteiger partial charge < -0.3 is 14.8 Å². The van der Waals surface area contributed by atoms with Crippen molar-refractivity contribution in [3.05, 3.63) is 118 Å². The van der Waals surface area contributed by atoms with Crippen molar-refractivity contribution in [2.75, 3.05) is 0 Å². The predicted octanol–water partition coefficient (Wildman–Crippen LogP) is 6.28. The molecule has 5 heteroatoms. The van der Waals surface area contributed by atoms with Crippen LogP contribution in [0.25, 0.3) is 5.69 Å². The summed E-state index contributed by atoms with van der Waals surface area (Å²) in [7, 11) is 0. The molecule has 172 valence electrons. The van der Waals surface area contributed by atoms with Gasteiger partial charge in [-0.05, 0) is 92.5 Å². The summed E-state index contributed by atoms with van der Waals surface area (Å²) in [5.74, 6) is 0. The third-order valence-corrected chi connectivity index (χ3v) is 7.00. The van der Waals surface area contributed by atoms with Crippen molar-refractivity contribution < 1.29 is 0 Å². The van der Waals surface area contributed by atoms with Crippen molar-refractivity contribution in [3.8, 4) is 5.69 Å². The molecule has 0 amide bonds. The van der Waals surface area contributed by atoms with Crippen LogP contribution in [0.3, 0.4) is 0 Å². The van der Waals surface area contributed by atoms with Crippen LogP contribution < -0.4 is 5.32 Å². The number of hydrogen-bond acceptors (Lipinski definition) is 2. The Bertz CT molecular complexity index is 1310. The van der Waals surface area contributed by atoms with Crippen LogP contribution in [0.15, 0.2) is 79.0 Å². The number of thiocarbonyl (C=S) groups is 1. The molecule has 0 aliphatic carbocycles. The lowest BCUT2D eigenvalue weighted by atomic mass is 9.96. The van der Waals surface area contributed by atoms with E-state index >= 15 is 0 Å². The van der Waals surface area contributed by atoms with Gasteiger partial charge in [0, 0.05) is 29.8 Å². The van der Waals surface area contributed by atoms with Crippen molar-refractivity contribution in [1.82, 2.24) is 19.8 Å². The van der Waals surface area contributed by atoms with Crippen molar-refractivity contribution in [1.29, 1.82) is 0 Å². The highest BCUT2D eigenvalue weighted by atomic mass is 32.1. The fraction of sp³-hybridized carbons (Fsp3) is 0.241. The van der Waals surface area contributed by atoms with E-state index in [4.69, 9.17) is 17.2 Å². The van der Waals surface area contributed by atoms with E-state index in [1.54, 1.807) is 0 Å². The van der Waals surface area contributed by atoms with Gasteiger partial charge in [0.05, 0.1) is 17.8 Å². The number of aromatic nitrogens is 2. The van der Waals surface area contributed by atoms with Crippen molar-refractivity contribution in [2.24, 2.45) is 0 Å². The van der Waals surface area contributed by atoms with E-state index in [1.165, 1.54) is 39.3 Å². The molecule has 1 fully saturated rings. The molecule has 1 saturated heterocycles. The minimum atomic E-state index is -0.0226. The standard InChI is InChI=1S/C29H30N4S/c1-19-14-20(2)16-24(15-19)33-21(3)17-25(22(33)4)28-27(26-12-8-9-13-30-26)31-29(34)32(28)18-23-10-6-5-7-11-23/h5-17,27-28H,18H2,1-4H3,(H,31,34)/t27-,28+/m0/s1. The second-order valence-corrected chi connectivity index (χ2v) is 9.63. The second-order valence-electron chi connectivity index (χ2n) is 9.25. The molecule has 34 heavy (non-hydrogen) atoms. The summed E-state index contributed by atoms with van der Waals surface area (Å²) in [6, 6.07) is 25.7. The average molecular weight is 467 g/mol. The van der Waals surface area contributed by atoms with E-state index in [0.29, 0.717) is 0 Å². The Morgan fingerprint density at radius 1 is 0.882 bits per heavy atom. The van der Waals surface area contributed by atoms with E-state index in [2.05, 4.69) is 103 Å². The van der Waals surface area contributed by atoms with Crippen LogP contribution in [0, 0.1) is 27.7 Å². The maximum atomic E-state index is 5.88. The molecule has 0 spiro atoms. The molecule has 0 bridgehead atoms. The molecule has 1 aliphatic heterocycles. The van der Waals surface area contributed by atoms with Gasteiger partial charge in [0.25, 0.3) is 0 Å². The lowest BCUT2D eigenvalue weighted by molar-refractivity contribution is 0.310. The second kappa shape index (κ2) is 9.07. The third-order valence-electron chi connectivity index (χ3n) is 6.65. The van der Waals surface area contributed by atoms with Gasteiger partial charge in [-0.2, -0.15) is 0 Å². The Morgan fingerprint density at radius 2 is 1.59 bits per heavy atom. The third kappa shape index (κ3) is 4.12. The smallest absolute Gasteiger partial charge is 0.170 e. The maximum absolute atomic E-state index is 5.88. The number of nitrogens with one attached hydrogen (secondary N) is 1. The molecule has 3 heterocycles. The Morgan fingerprint density at radius 3 is 2.26 bits per heavy atom. The summed E-state index contributed by atoms with van der Waals surface area (Å²) in [4.78, 5) is 7.01. The Balaban J connectivity index is 1.63. The molecule has 5 rings (SSSR count). The first-order valence-corrected chi connectivity index (χ1v) is 12.1. The molecular weight excluding hydrogens is 436 g/mol. The number of rotatable bonds is 5. The highest BCUT2D eigenvalue weighted by Gasteiger charge is 2.41. The van der Waals surface area contributed by atoms with Crippen LogP contribution in [0.5, 0.6) is 0 Å². The van der Waals surface area contributed by atoms with Gasteiger partial charge in [-0.25, -0.2) is 0 Å². The van der Waals surface area contributed by atoms with E-state index in [0.717, 1.165) is 17.4 Å². The SMILES string of the molecule is Cc1cc(C)cc(-n2c(C)cc([C@@H]3[C@H](c4ccccn4)NC(=S)N3Cc3ccccc3)c2C)c1. The Labute approximate surface area is 207 Å². The van der Waals surface area contributed by atoms with Crippen LogP contribution in [-0.2, 0) is 6.54 Å². The van der Waals surface area contributed by atoms with Gasteiger partial charge in [0.2, 0.25) is 0 Å². The van der Waals surface area contributed by atoms with Crippen LogP contribution in [0.2, 0.25) is 0 Å². The topological polar surface area (TPSA) is 33.1 Å². The van der Waals surface area contributed by atoms with E-state index in [9.17, 15) is 0 Å². The van der Waals surface area contributed by atoms with Gasteiger partial charge in [-0.15, -0.1) is 0 Å². The Hall–Kier alpha value is -3.44. The van der Waals surface area contributed by atoms with Gasteiger partial charge in [0.1, 0.15) is 0 Å². The molecule has 0 saturated carbocycles. The summed E-state index contributed by atoms with van der Waals surface area (Å²) in [5, 5.41) is 4.35. The molecule has 0 unspecified atom stereocenters. The van der Waals surface area contributed by atoms with Crippen LogP contribution in [-0.4, -0.2) is 19.6 Å². The number of benzene rings is 2. The maximum Gasteiger partial charge on any atom is 0.170 e. The number of pyridine rings is 1. The quantitative estimate of drug-likeness (QED) is 0.351. The van der Waals surface area contributed by atoms with E-state index in [1.807, 2.05) is 18.3 Å². The number of hydrogen-bond donors (Lipinski definition) is 1. The first kappa shape index (κ1) is 22.4. The summed E-state index contributed by atoms with van der Waals surface area (Å²) in [5.41, 5.74) is 9.71. The van der Waals surface area contributed by atoms with Crippen LogP contribution in [0.1, 0.15) is 51.4 Å². The molecule has 4 aromatic rings. The zero-order chi connectivity index (χ0) is 23.8. The van der Waals surface area contributed by atoms with E-state index in [-0.39, 0.29) is 12.1 Å². The fourth-order valence-corrected chi connectivity index (χ4v) is 5.56. The summed E-state index contributed by atoms with van der Waals surface area (Å²) in [6.45, 7) is 9.46. The molecular formula is C29H30N4S. The van der Waals surface area contributed by atoms with Gasteiger partial charge in [0.15, 0.2) is 5.11 Å². The zero-order valence-corrected chi connectivity index (χ0v) is 20.9. The van der Waals surface area contributed by atoms with Crippen molar-refractivity contribution in [3.63, 3.8) is 0 Å². The molecule has 4 nitrogen and oxygen atoms in total. The highest BCUT2D eigenvalue weighted by Crippen LogP contribution is 2.42. The van der Waals surface area contributed by atoms with Crippen molar-refractivity contribution >= 4 is 17.3 Å². The summed E-state index contributed by atoms with van der Waals surface area (Å²) < 4.78 is 2.37. The monoisotopic (exact) mass is 466 g/mol. The predicted molar refractivity (Wildman–Crippen MR) is 142 cm³/mol. The number of nitrogens with zero attached hydrogens (tertiary/aromatic N) is 3. The summed E-state index contributed by atoms with van der Waals surface area (Å²) in [6.07, 6.45) is 1.86. The molecule has 1 aliphatic rings. The van der Waals surface area contributed by atoms with Gasteiger partial charge >= 0.3 is 0 Å². The van der Waals surface area contributed by atoms with E-state index < -0.39 is 0 Å². The summed E-state index contributed by atoms with van der Waals surface area (Å²) >= 11 is 5.88. The minimum absolute atomic E-state index is 0.0226. The first-order valence-electron chi connectivity index (χ1n) is 11.7. The van der Waals surface area contributed by atoms with Crippen LogP contribution >= 0.6 is 12.2 Å². The zero-order valence-electron chi connectivity index (χ0n) is 20.1. The first-order chi connectivity index (χ1) is 16.4. The van der Waals surface area contributed by atoms with Crippen molar-refractivity contribution in [2.45, 2.75) is 46.3 Å². The fourth-order valence-electron chi connectivity index (χ4n) is 5.26. The lowest BCUT2D eigenvalue weighted by Crippen LogP contribution is -2.29. The Kier molecular flexibility index (Phi) is 5.96. The molecule has 2 aromatic carbocycles. The molecule has 2 atom stereocenters. The van der Waals surface area contributed by atoms with Gasteiger partial charge in [-0.1, -0.05) is 42.5 Å². The largest absolute Gasteiger partial charge is 0.352 e. The normalized spacial score (nSPS) is 17.8. The van der Waals surface area contributed by atoms with Gasteiger partial charge in [-0.3, -0.25) is 4.98 Å². The minimum Gasteiger partial charge on any atom is -0.352 e. The molecule has 1 N–H and O–H groups in total. The average Bonchev–Trinajstić information content (AvgIpc) is 3.29. The lowest BCUT2D eigenvalue weighted by Gasteiger charge is -2.28.